The molecule has 2 amide bonds. The zero-order valence-electron chi connectivity index (χ0n) is 22.7. The summed E-state index contributed by atoms with van der Waals surface area (Å²) in [5, 5.41) is 16.8. The Balaban J connectivity index is 0.904. The molecule has 3 heterocycles. The first-order valence-corrected chi connectivity index (χ1v) is 15.3. The molecule has 1 N–H and O–H groups in total. The number of carbonyl (C=O) groups is 2. The van der Waals surface area contributed by atoms with E-state index in [0.717, 1.165) is 68.4 Å². The third-order valence-corrected chi connectivity index (χ3v) is 11.8. The Morgan fingerprint density at radius 2 is 1.68 bits per heavy atom. The molecule has 2 aromatic rings. The van der Waals surface area contributed by atoms with Gasteiger partial charge < -0.3 is 14.5 Å². The summed E-state index contributed by atoms with van der Waals surface area (Å²) in [6.45, 7) is 3.40. The number of nitrogens with zero attached hydrogens (tertiary/aromatic N) is 3. The molecule has 2 bridgehead atoms. The molecule has 6 fully saturated rings. The second kappa shape index (κ2) is 8.81. The van der Waals surface area contributed by atoms with Crippen molar-refractivity contribution in [3.63, 3.8) is 0 Å². The maximum absolute atomic E-state index is 13.9. The maximum atomic E-state index is 13.9. The van der Waals surface area contributed by atoms with E-state index in [1.807, 2.05) is 18.2 Å². The van der Waals surface area contributed by atoms with Crippen molar-refractivity contribution in [1.82, 2.24) is 15.0 Å². The monoisotopic (exact) mass is 553 g/mol. The first-order chi connectivity index (χ1) is 19.2. The van der Waals surface area contributed by atoms with Gasteiger partial charge in [0.05, 0.1) is 29.0 Å². The van der Waals surface area contributed by atoms with Crippen LogP contribution < -0.4 is 0 Å². The van der Waals surface area contributed by atoms with E-state index in [4.69, 9.17) is 4.52 Å². The zero-order chi connectivity index (χ0) is 27.4. The SMILES string of the molecule is O=C1C2C3CC(C2C(=O)N1CC1CCC[C@@H]1CN1CCC(c2noc4ccccc24)CC1)C(O)(C1CC1(F)F)C3. The van der Waals surface area contributed by atoms with Gasteiger partial charge in [-0.15, -0.1) is 0 Å². The van der Waals surface area contributed by atoms with Crippen LogP contribution in [0.4, 0.5) is 8.78 Å². The first-order valence-electron chi connectivity index (χ1n) is 15.3. The molecule has 7 nitrogen and oxygen atoms in total. The van der Waals surface area contributed by atoms with E-state index in [0.29, 0.717) is 24.8 Å². The molecule has 214 valence electrons. The molecule has 4 saturated carbocycles. The number of alkyl halides is 2. The summed E-state index contributed by atoms with van der Waals surface area (Å²) in [7, 11) is 0. The molecule has 1 aromatic heterocycles. The Bertz CT molecular complexity index is 1360. The zero-order valence-corrected chi connectivity index (χ0v) is 22.7. The lowest BCUT2D eigenvalue weighted by Gasteiger charge is -2.37. The number of aliphatic hydroxyl groups is 1. The third kappa shape index (κ3) is 3.68. The van der Waals surface area contributed by atoms with Gasteiger partial charge in [-0.1, -0.05) is 23.7 Å². The maximum Gasteiger partial charge on any atom is 0.254 e. The van der Waals surface area contributed by atoms with Crippen molar-refractivity contribution in [1.29, 1.82) is 0 Å². The van der Waals surface area contributed by atoms with E-state index in [1.54, 1.807) is 0 Å². The van der Waals surface area contributed by atoms with Gasteiger partial charge in [0.1, 0.15) is 0 Å². The van der Waals surface area contributed by atoms with Crippen LogP contribution in [0.5, 0.6) is 0 Å². The molecule has 1 aromatic carbocycles. The Kier molecular flexibility index (Phi) is 5.58. The number of benzene rings is 1. The van der Waals surface area contributed by atoms with Gasteiger partial charge in [-0.2, -0.15) is 0 Å². The second-order valence-electron chi connectivity index (χ2n) is 13.7. The number of hydrogen-bond acceptors (Lipinski definition) is 6. The summed E-state index contributed by atoms with van der Waals surface area (Å²) in [5.41, 5.74) is 0.408. The van der Waals surface area contributed by atoms with Crippen molar-refractivity contribution in [3.8, 4) is 0 Å². The van der Waals surface area contributed by atoms with Gasteiger partial charge in [-0.25, -0.2) is 8.78 Å². The molecule has 6 aliphatic rings. The van der Waals surface area contributed by atoms with Gasteiger partial charge in [0.2, 0.25) is 11.8 Å². The number of halogens is 2. The number of hydrogen-bond donors (Lipinski definition) is 1. The molecule has 0 spiro atoms. The van der Waals surface area contributed by atoms with Crippen molar-refractivity contribution in [3.05, 3.63) is 30.0 Å². The third-order valence-electron chi connectivity index (χ3n) is 11.8. The molecule has 2 saturated heterocycles. The van der Waals surface area contributed by atoms with Crippen molar-refractivity contribution >= 4 is 22.8 Å². The normalized spacial score (nSPS) is 41.0. The van der Waals surface area contributed by atoms with Crippen LogP contribution in [0.1, 0.15) is 63.0 Å². The Hall–Kier alpha value is -2.39. The molecule has 0 radical (unpaired) electrons. The van der Waals surface area contributed by atoms with Gasteiger partial charge in [0.15, 0.2) is 5.58 Å². The van der Waals surface area contributed by atoms with Crippen LogP contribution in [0.2, 0.25) is 0 Å². The summed E-state index contributed by atoms with van der Waals surface area (Å²) in [5.74, 6) is -4.82. The molecule has 7 unspecified atom stereocenters. The topological polar surface area (TPSA) is 86.9 Å². The first kappa shape index (κ1) is 25.3. The highest BCUT2D eigenvalue weighted by atomic mass is 19.3. The van der Waals surface area contributed by atoms with E-state index in [2.05, 4.69) is 16.1 Å². The van der Waals surface area contributed by atoms with Gasteiger partial charge in [-0.3, -0.25) is 14.5 Å². The molecular formula is C31H37F2N3O4. The lowest BCUT2D eigenvalue weighted by molar-refractivity contribution is -0.143. The second-order valence-corrected chi connectivity index (χ2v) is 13.7. The van der Waals surface area contributed by atoms with E-state index in [-0.39, 0.29) is 36.5 Å². The van der Waals surface area contributed by atoms with E-state index in [1.165, 1.54) is 4.90 Å². The largest absolute Gasteiger partial charge is 0.389 e. The van der Waals surface area contributed by atoms with Crippen LogP contribution in [0.15, 0.2) is 28.8 Å². The molecule has 8 rings (SSSR count). The molecule has 9 heteroatoms. The summed E-state index contributed by atoms with van der Waals surface area (Å²) < 4.78 is 33.4. The lowest BCUT2D eigenvalue weighted by Crippen LogP contribution is -2.47. The van der Waals surface area contributed by atoms with E-state index < -0.39 is 35.2 Å². The number of piperidine rings is 1. The predicted molar refractivity (Wildman–Crippen MR) is 141 cm³/mol. The minimum absolute atomic E-state index is 0.113. The Morgan fingerprint density at radius 3 is 2.42 bits per heavy atom. The van der Waals surface area contributed by atoms with Crippen LogP contribution >= 0.6 is 0 Å². The number of imide groups is 1. The van der Waals surface area contributed by atoms with Crippen LogP contribution in [0, 0.1) is 41.4 Å². The number of aromatic nitrogens is 1. The number of carbonyl (C=O) groups excluding carboxylic acids is 2. The lowest BCUT2D eigenvalue weighted by atomic mass is 9.70. The smallest absolute Gasteiger partial charge is 0.254 e. The average Bonchev–Trinajstić information content (AvgIpc) is 3.51. The summed E-state index contributed by atoms with van der Waals surface area (Å²) in [4.78, 5) is 31.1. The van der Waals surface area contributed by atoms with Crippen molar-refractivity contribution < 1.29 is 28.0 Å². The predicted octanol–water partition coefficient (Wildman–Crippen LogP) is 4.45. The van der Waals surface area contributed by atoms with Gasteiger partial charge in [0, 0.05) is 36.7 Å². The van der Waals surface area contributed by atoms with Crippen LogP contribution in [0.25, 0.3) is 11.0 Å². The fraction of sp³-hybridized carbons (Fsp3) is 0.710. The van der Waals surface area contributed by atoms with Crippen LogP contribution in [-0.2, 0) is 9.59 Å². The minimum Gasteiger partial charge on any atom is -0.389 e. The standard InChI is InChI=1S/C31H37F2N3O4/c32-31(33)14-24(31)30(39)13-20-12-22(30)26-25(20)28(37)36(29(26)38)16-19-5-3-4-18(19)15-35-10-8-17(9-11-35)27-21-6-1-2-7-23(21)40-34-27/h1-2,6-7,17-20,22,24-26,39H,3-5,8-16H2/t18-,19?,20?,22?,24?,25?,26?,30?/m1/s1. The summed E-state index contributed by atoms with van der Waals surface area (Å²) in [6.07, 6.45) is 5.73. The highest BCUT2D eigenvalue weighted by Crippen LogP contribution is 2.68. The molecule has 40 heavy (non-hydrogen) atoms. The van der Waals surface area contributed by atoms with Crippen molar-refractivity contribution in [2.24, 2.45) is 41.4 Å². The van der Waals surface area contributed by atoms with Gasteiger partial charge in [-0.05, 0) is 81.5 Å². The van der Waals surface area contributed by atoms with Crippen molar-refractivity contribution in [2.75, 3.05) is 26.2 Å². The highest BCUT2D eigenvalue weighted by Gasteiger charge is 2.76. The van der Waals surface area contributed by atoms with Crippen LogP contribution in [-0.4, -0.2) is 69.6 Å². The van der Waals surface area contributed by atoms with Gasteiger partial charge in [0.25, 0.3) is 5.92 Å². The molecule has 4 aliphatic carbocycles. The van der Waals surface area contributed by atoms with E-state index >= 15 is 0 Å². The number of para-hydroxylation sites is 1. The summed E-state index contributed by atoms with van der Waals surface area (Å²) >= 11 is 0. The molecule has 2 aliphatic heterocycles. The minimum atomic E-state index is -2.84. The van der Waals surface area contributed by atoms with Crippen molar-refractivity contribution in [2.45, 2.75) is 68.8 Å². The number of fused-ring (bicyclic) bond motifs is 6. The Morgan fingerprint density at radius 1 is 0.975 bits per heavy atom. The number of rotatable bonds is 6. The van der Waals surface area contributed by atoms with E-state index in [9.17, 15) is 23.5 Å². The number of amides is 2. The summed E-state index contributed by atoms with van der Waals surface area (Å²) in [6, 6.07) is 8.03. The molecular weight excluding hydrogens is 516 g/mol. The van der Waals surface area contributed by atoms with Gasteiger partial charge >= 0.3 is 0 Å². The quantitative estimate of drug-likeness (QED) is 0.532. The van der Waals surface area contributed by atoms with Crippen LogP contribution in [0.3, 0.4) is 0 Å². The highest BCUT2D eigenvalue weighted by molar-refractivity contribution is 6.06. The average molecular weight is 554 g/mol. The fourth-order valence-corrected chi connectivity index (χ4v) is 9.69. The Labute approximate surface area is 232 Å². The molecule has 8 atom stereocenters. The fourth-order valence-electron chi connectivity index (χ4n) is 9.69. The number of likely N-dealkylation sites (tertiary alicyclic amines) is 2.